The summed E-state index contributed by atoms with van der Waals surface area (Å²) in [5.41, 5.74) is 9.34. The third-order valence-corrected chi connectivity index (χ3v) is 5.79. The van der Waals surface area contributed by atoms with Crippen LogP contribution in [-0.2, 0) is 6.42 Å². The Kier molecular flexibility index (Phi) is 5.81. The molecule has 4 rings (SSSR count). The minimum atomic E-state index is -0.390. The number of hydrogen-bond acceptors (Lipinski definition) is 3. The van der Waals surface area contributed by atoms with Crippen molar-refractivity contribution in [3.8, 4) is 0 Å². The number of anilines is 1. The number of benzene rings is 2. The van der Waals surface area contributed by atoms with Gasteiger partial charge in [-0.05, 0) is 73.8 Å². The molecule has 1 aromatic heterocycles. The normalized spacial score (nSPS) is 15.1. The molecule has 1 aliphatic heterocycles. The first-order valence-electron chi connectivity index (χ1n) is 10.2. The van der Waals surface area contributed by atoms with Crippen LogP contribution >= 0.6 is 0 Å². The number of piperazine rings is 1. The molecule has 0 atom stereocenters. The summed E-state index contributed by atoms with van der Waals surface area (Å²) < 4.78 is 13.1. The van der Waals surface area contributed by atoms with Gasteiger partial charge in [-0.3, -0.25) is 9.69 Å². The summed E-state index contributed by atoms with van der Waals surface area (Å²) in [6.45, 7) is 5.11. The van der Waals surface area contributed by atoms with Crippen molar-refractivity contribution >= 4 is 22.5 Å². The predicted molar refractivity (Wildman–Crippen MR) is 115 cm³/mol. The number of nitrogens with zero attached hydrogens (tertiary/aromatic N) is 2. The molecule has 3 aromatic rings. The standard InChI is InChI=1S/C23H27FN4O/c24-19-5-7-20(8-6-19)28-13-11-27(12-14-28)10-2-1-3-18-16-26-22-9-4-17(23(25)29)15-21(18)22/h4-9,15-16,26H,1-3,10-14H2,(H2,25,29). The van der Waals surface area contributed by atoms with Gasteiger partial charge in [0.25, 0.3) is 0 Å². The number of hydrogen-bond donors (Lipinski definition) is 2. The topological polar surface area (TPSA) is 65.4 Å². The van der Waals surface area contributed by atoms with Crippen LogP contribution in [0, 0.1) is 5.82 Å². The van der Waals surface area contributed by atoms with Crippen LogP contribution in [0.5, 0.6) is 0 Å². The molecular formula is C23H27FN4O. The molecule has 0 saturated carbocycles. The number of carbonyl (C=O) groups excluding carboxylic acids is 1. The van der Waals surface area contributed by atoms with E-state index < -0.39 is 0 Å². The molecule has 6 heteroatoms. The minimum Gasteiger partial charge on any atom is -0.369 e. The fraction of sp³-hybridized carbons (Fsp3) is 0.348. The maximum atomic E-state index is 13.1. The van der Waals surface area contributed by atoms with Crippen LogP contribution in [0.25, 0.3) is 10.9 Å². The molecule has 29 heavy (non-hydrogen) atoms. The monoisotopic (exact) mass is 394 g/mol. The summed E-state index contributed by atoms with van der Waals surface area (Å²) in [4.78, 5) is 19.5. The average molecular weight is 394 g/mol. The lowest BCUT2D eigenvalue weighted by Crippen LogP contribution is -2.46. The number of nitrogens with two attached hydrogens (primary N) is 1. The minimum absolute atomic E-state index is 0.187. The first-order chi connectivity index (χ1) is 14.1. The van der Waals surface area contributed by atoms with Gasteiger partial charge >= 0.3 is 0 Å². The van der Waals surface area contributed by atoms with E-state index in [0.717, 1.165) is 68.6 Å². The maximum Gasteiger partial charge on any atom is 0.248 e. The van der Waals surface area contributed by atoms with Crippen molar-refractivity contribution in [1.82, 2.24) is 9.88 Å². The van der Waals surface area contributed by atoms with Crippen LogP contribution in [-0.4, -0.2) is 48.5 Å². The zero-order valence-electron chi connectivity index (χ0n) is 16.5. The lowest BCUT2D eigenvalue weighted by molar-refractivity contribution is 0.100. The summed E-state index contributed by atoms with van der Waals surface area (Å²) >= 11 is 0. The number of unbranched alkanes of at least 4 members (excludes halogenated alkanes) is 1. The predicted octanol–water partition coefficient (Wildman–Crippen LogP) is 3.55. The summed E-state index contributed by atoms with van der Waals surface area (Å²) in [7, 11) is 0. The van der Waals surface area contributed by atoms with E-state index in [2.05, 4.69) is 14.8 Å². The fourth-order valence-corrected chi connectivity index (χ4v) is 4.07. The van der Waals surface area contributed by atoms with E-state index in [1.54, 1.807) is 6.07 Å². The van der Waals surface area contributed by atoms with Crippen LogP contribution in [0.2, 0.25) is 0 Å². The first-order valence-corrected chi connectivity index (χ1v) is 10.2. The van der Waals surface area contributed by atoms with Gasteiger partial charge in [0.2, 0.25) is 5.91 Å². The molecule has 0 bridgehead atoms. The molecule has 2 aromatic carbocycles. The second-order valence-electron chi connectivity index (χ2n) is 7.70. The molecule has 1 aliphatic rings. The molecule has 1 amide bonds. The van der Waals surface area contributed by atoms with Crippen molar-refractivity contribution in [2.45, 2.75) is 19.3 Å². The van der Waals surface area contributed by atoms with E-state index in [4.69, 9.17) is 5.73 Å². The van der Waals surface area contributed by atoms with Crippen molar-refractivity contribution < 1.29 is 9.18 Å². The van der Waals surface area contributed by atoms with Gasteiger partial charge in [0.1, 0.15) is 5.82 Å². The van der Waals surface area contributed by atoms with Crippen LogP contribution in [0.15, 0.2) is 48.7 Å². The third-order valence-electron chi connectivity index (χ3n) is 5.79. The fourth-order valence-electron chi connectivity index (χ4n) is 4.07. The third kappa shape index (κ3) is 4.59. The highest BCUT2D eigenvalue weighted by Crippen LogP contribution is 2.22. The molecule has 1 fully saturated rings. The zero-order chi connectivity index (χ0) is 20.2. The number of aryl methyl sites for hydroxylation is 1. The summed E-state index contributed by atoms with van der Waals surface area (Å²) in [5.74, 6) is -0.577. The number of nitrogens with one attached hydrogen (secondary N) is 1. The highest BCUT2D eigenvalue weighted by atomic mass is 19.1. The van der Waals surface area contributed by atoms with Crippen molar-refractivity contribution in [1.29, 1.82) is 0 Å². The van der Waals surface area contributed by atoms with Gasteiger partial charge in [-0.1, -0.05) is 0 Å². The van der Waals surface area contributed by atoms with Crippen molar-refractivity contribution in [2.24, 2.45) is 5.73 Å². The van der Waals surface area contributed by atoms with E-state index >= 15 is 0 Å². The summed E-state index contributed by atoms with van der Waals surface area (Å²) in [5, 5.41) is 1.09. The molecule has 3 N–H and O–H groups in total. The maximum absolute atomic E-state index is 13.1. The highest BCUT2D eigenvalue weighted by molar-refractivity contribution is 5.97. The lowest BCUT2D eigenvalue weighted by atomic mass is 10.0. The Morgan fingerprint density at radius 3 is 2.52 bits per heavy atom. The second-order valence-corrected chi connectivity index (χ2v) is 7.70. The number of aromatic nitrogens is 1. The Balaban J connectivity index is 1.23. The van der Waals surface area contributed by atoms with Crippen molar-refractivity contribution in [3.63, 3.8) is 0 Å². The number of amides is 1. The van der Waals surface area contributed by atoms with Gasteiger partial charge < -0.3 is 15.6 Å². The number of halogens is 1. The largest absolute Gasteiger partial charge is 0.369 e. The number of primary amides is 1. The van der Waals surface area contributed by atoms with Gasteiger partial charge in [0, 0.05) is 54.5 Å². The van der Waals surface area contributed by atoms with E-state index in [1.165, 1.54) is 17.7 Å². The molecule has 152 valence electrons. The first kappa shape index (κ1) is 19.5. The molecular weight excluding hydrogens is 367 g/mol. The van der Waals surface area contributed by atoms with E-state index in [0.29, 0.717) is 5.56 Å². The van der Waals surface area contributed by atoms with Crippen LogP contribution < -0.4 is 10.6 Å². The van der Waals surface area contributed by atoms with Gasteiger partial charge in [-0.25, -0.2) is 4.39 Å². The Morgan fingerprint density at radius 2 is 1.79 bits per heavy atom. The quantitative estimate of drug-likeness (QED) is 0.603. The molecule has 5 nitrogen and oxygen atoms in total. The molecule has 0 unspecified atom stereocenters. The number of aromatic amines is 1. The number of fused-ring (bicyclic) bond motifs is 1. The Morgan fingerprint density at radius 1 is 1.03 bits per heavy atom. The Labute approximate surface area is 170 Å². The SMILES string of the molecule is NC(=O)c1ccc2[nH]cc(CCCCN3CCN(c4ccc(F)cc4)CC3)c2c1. The average Bonchev–Trinajstić information content (AvgIpc) is 3.14. The van der Waals surface area contributed by atoms with Gasteiger partial charge in [-0.15, -0.1) is 0 Å². The zero-order valence-corrected chi connectivity index (χ0v) is 16.5. The van der Waals surface area contributed by atoms with E-state index in [1.807, 2.05) is 30.5 Å². The number of rotatable bonds is 7. The smallest absolute Gasteiger partial charge is 0.248 e. The van der Waals surface area contributed by atoms with Crippen LogP contribution in [0.1, 0.15) is 28.8 Å². The molecule has 0 spiro atoms. The van der Waals surface area contributed by atoms with E-state index in [-0.39, 0.29) is 11.7 Å². The van der Waals surface area contributed by atoms with Crippen molar-refractivity contribution in [3.05, 3.63) is 65.6 Å². The molecule has 1 saturated heterocycles. The Hall–Kier alpha value is -2.86. The molecule has 2 heterocycles. The molecule has 0 aliphatic carbocycles. The lowest BCUT2D eigenvalue weighted by Gasteiger charge is -2.36. The van der Waals surface area contributed by atoms with Crippen molar-refractivity contribution in [2.75, 3.05) is 37.6 Å². The van der Waals surface area contributed by atoms with Gasteiger partial charge in [0.15, 0.2) is 0 Å². The van der Waals surface area contributed by atoms with Gasteiger partial charge in [0.05, 0.1) is 0 Å². The Bertz CT molecular complexity index is 974. The number of H-pyrrole nitrogens is 1. The summed E-state index contributed by atoms with van der Waals surface area (Å²) in [6, 6.07) is 12.3. The van der Waals surface area contributed by atoms with Crippen LogP contribution in [0.4, 0.5) is 10.1 Å². The second kappa shape index (κ2) is 8.66. The summed E-state index contributed by atoms with van der Waals surface area (Å²) in [6.07, 6.45) is 5.26. The number of carbonyl (C=O) groups is 1. The van der Waals surface area contributed by atoms with Crippen LogP contribution in [0.3, 0.4) is 0 Å². The molecule has 0 radical (unpaired) electrons. The highest BCUT2D eigenvalue weighted by Gasteiger charge is 2.17. The van der Waals surface area contributed by atoms with Gasteiger partial charge in [-0.2, -0.15) is 0 Å². The van der Waals surface area contributed by atoms with E-state index in [9.17, 15) is 9.18 Å².